The van der Waals surface area contributed by atoms with E-state index >= 15 is 0 Å². The lowest BCUT2D eigenvalue weighted by atomic mass is 10.2. The van der Waals surface area contributed by atoms with E-state index in [-0.39, 0.29) is 27.3 Å². The Bertz CT molecular complexity index is 1070. The second-order valence-corrected chi connectivity index (χ2v) is 9.54. The number of benzene rings is 2. The Balaban J connectivity index is 2.05. The molecule has 5 nitrogen and oxygen atoms in total. The van der Waals surface area contributed by atoms with E-state index in [2.05, 4.69) is 0 Å². The first-order chi connectivity index (χ1) is 12.7. The van der Waals surface area contributed by atoms with Crippen LogP contribution < -0.4 is 9.08 Å². The first-order valence-electron chi connectivity index (χ1n) is 7.37. The van der Waals surface area contributed by atoms with Gasteiger partial charge in [0.15, 0.2) is 10.1 Å². The molecule has 0 unspecified atom stereocenters. The Morgan fingerprint density at radius 3 is 2.48 bits per heavy atom. The third-order valence-electron chi connectivity index (χ3n) is 3.37. The summed E-state index contributed by atoms with van der Waals surface area (Å²) in [5.74, 6) is -0.439. The number of amides is 1. The van der Waals surface area contributed by atoms with Crippen LogP contribution >= 0.6 is 47.2 Å². The van der Waals surface area contributed by atoms with Crippen molar-refractivity contribution in [1.82, 2.24) is 0 Å². The topological polar surface area (TPSA) is 63.7 Å². The highest BCUT2D eigenvalue weighted by Gasteiger charge is 2.33. The number of thiocarbonyl (C=S) groups is 1. The van der Waals surface area contributed by atoms with Crippen molar-refractivity contribution in [1.29, 1.82) is 0 Å². The summed E-state index contributed by atoms with van der Waals surface area (Å²) in [6, 6.07) is 11.8. The van der Waals surface area contributed by atoms with Gasteiger partial charge in [-0.25, -0.2) is 0 Å². The van der Waals surface area contributed by atoms with Crippen molar-refractivity contribution >= 4 is 79.3 Å². The van der Waals surface area contributed by atoms with Crippen molar-refractivity contribution in [2.45, 2.75) is 0 Å². The van der Waals surface area contributed by atoms with E-state index in [0.717, 1.165) is 18.0 Å². The first-order valence-corrected chi connectivity index (χ1v) is 11.2. The van der Waals surface area contributed by atoms with Crippen LogP contribution in [0, 0.1) is 0 Å². The number of hydrogen-bond donors (Lipinski definition) is 0. The number of carbonyl (C=O) groups excluding carboxylic acids is 1. The molecule has 0 spiro atoms. The molecule has 1 aliphatic heterocycles. The lowest BCUT2D eigenvalue weighted by Crippen LogP contribution is -2.27. The predicted molar refractivity (Wildman–Crippen MR) is 114 cm³/mol. The molecule has 140 valence electrons. The Hall–Kier alpha value is -1.58. The zero-order chi connectivity index (χ0) is 19.8. The molecule has 10 heteroatoms. The van der Waals surface area contributed by atoms with Crippen LogP contribution in [0.25, 0.3) is 6.08 Å². The van der Waals surface area contributed by atoms with Crippen molar-refractivity contribution in [3.05, 3.63) is 63.0 Å². The maximum absolute atomic E-state index is 12.8. The average molecular weight is 460 g/mol. The maximum Gasteiger partial charge on any atom is 0.306 e. The van der Waals surface area contributed by atoms with Gasteiger partial charge >= 0.3 is 10.1 Å². The number of para-hydroxylation sites is 1. The van der Waals surface area contributed by atoms with Crippen LogP contribution in [-0.2, 0) is 14.9 Å². The van der Waals surface area contributed by atoms with Gasteiger partial charge in [0.25, 0.3) is 5.91 Å². The molecule has 1 fully saturated rings. The minimum absolute atomic E-state index is 0.0118. The number of hydrogen-bond acceptors (Lipinski definition) is 6. The van der Waals surface area contributed by atoms with E-state index in [1.165, 1.54) is 23.1 Å². The highest BCUT2D eigenvalue weighted by atomic mass is 35.5. The molecule has 0 atom stereocenters. The fourth-order valence-electron chi connectivity index (χ4n) is 2.34. The normalized spacial score (nSPS) is 16.3. The highest BCUT2D eigenvalue weighted by Crippen LogP contribution is 2.40. The maximum atomic E-state index is 12.8. The molecule has 1 amide bonds. The monoisotopic (exact) mass is 459 g/mol. The van der Waals surface area contributed by atoms with Gasteiger partial charge in [0.2, 0.25) is 0 Å². The van der Waals surface area contributed by atoms with Crippen LogP contribution in [0.5, 0.6) is 5.75 Å². The van der Waals surface area contributed by atoms with E-state index in [1.54, 1.807) is 24.3 Å². The lowest BCUT2D eigenvalue weighted by molar-refractivity contribution is -0.113. The Labute approximate surface area is 176 Å². The van der Waals surface area contributed by atoms with Crippen LogP contribution in [0.15, 0.2) is 47.4 Å². The van der Waals surface area contributed by atoms with E-state index in [9.17, 15) is 13.2 Å². The molecule has 0 bridgehead atoms. The standard InChI is InChI=1S/C17H11Cl2NO4S3/c1-27(22,23)24-15-10(7-11(18)9-13(15)19)8-14-16(21)20(17(25)26-14)12-5-3-2-4-6-12/h2-9H,1H3. The Morgan fingerprint density at radius 1 is 1.19 bits per heavy atom. The number of rotatable bonds is 4. The summed E-state index contributed by atoms with van der Waals surface area (Å²) in [6.07, 6.45) is 2.36. The molecule has 0 aliphatic carbocycles. The van der Waals surface area contributed by atoms with Gasteiger partial charge in [0.05, 0.1) is 21.9 Å². The summed E-state index contributed by atoms with van der Waals surface area (Å²) >= 11 is 18.5. The fraction of sp³-hybridized carbons (Fsp3) is 0.0588. The fourth-order valence-corrected chi connectivity index (χ4v) is 4.71. The van der Waals surface area contributed by atoms with E-state index in [1.807, 2.05) is 6.07 Å². The summed E-state index contributed by atoms with van der Waals surface area (Å²) < 4.78 is 28.4. The van der Waals surface area contributed by atoms with Crippen LogP contribution in [0.2, 0.25) is 10.0 Å². The number of anilines is 1. The van der Waals surface area contributed by atoms with Gasteiger partial charge in [0.1, 0.15) is 0 Å². The molecular weight excluding hydrogens is 449 g/mol. The minimum atomic E-state index is -3.83. The summed E-state index contributed by atoms with van der Waals surface area (Å²) in [5.41, 5.74) is 0.895. The molecule has 0 aromatic heterocycles. The molecule has 1 heterocycles. The minimum Gasteiger partial charge on any atom is -0.380 e. The molecule has 0 N–H and O–H groups in total. The quantitative estimate of drug-likeness (QED) is 0.373. The molecule has 1 saturated heterocycles. The molecule has 2 aromatic rings. The molecule has 1 aliphatic rings. The lowest BCUT2D eigenvalue weighted by Gasteiger charge is -2.14. The van der Waals surface area contributed by atoms with Crippen LogP contribution in [0.3, 0.4) is 0 Å². The second kappa shape index (κ2) is 7.81. The van der Waals surface area contributed by atoms with Gasteiger partial charge in [-0.3, -0.25) is 9.69 Å². The second-order valence-electron chi connectivity index (χ2n) is 5.45. The van der Waals surface area contributed by atoms with E-state index in [0.29, 0.717) is 14.9 Å². The molecule has 0 radical (unpaired) electrons. The Morgan fingerprint density at radius 2 is 1.85 bits per heavy atom. The van der Waals surface area contributed by atoms with E-state index < -0.39 is 10.1 Å². The highest BCUT2D eigenvalue weighted by molar-refractivity contribution is 8.27. The van der Waals surface area contributed by atoms with Crippen LogP contribution in [0.1, 0.15) is 5.56 Å². The predicted octanol–water partition coefficient (Wildman–Crippen LogP) is 4.74. The van der Waals surface area contributed by atoms with Gasteiger partial charge in [-0.2, -0.15) is 8.42 Å². The summed E-state index contributed by atoms with van der Waals surface area (Å²) in [5, 5.41) is 0.281. The van der Waals surface area contributed by atoms with Crippen LogP contribution in [0.4, 0.5) is 5.69 Å². The summed E-state index contributed by atoms with van der Waals surface area (Å²) in [4.78, 5) is 14.5. The van der Waals surface area contributed by atoms with Crippen molar-refractivity contribution in [3.63, 3.8) is 0 Å². The molecule has 27 heavy (non-hydrogen) atoms. The first kappa shape index (κ1) is 20.2. The number of carbonyl (C=O) groups is 1. The Kier molecular flexibility index (Phi) is 5.83. The third kappa shape index (κ3) is 4.64. The SMILES string of the molecule is CS(=O)(=O)Oc1c(Cl)cc(Cl)cc1C=C1SC(=S)N(c2ccccc2)C1=O. The van der Waals surface area contributed by atoms with Gasteiger partial charge in [0, 0.05) is 10.6 Å². The van der Waals surface area contributed by atoms with Gasteiger partial charge in [-0.05, 0) is 30.3 Å². The van der Waals surface area contributed by atoms with Gasteiger partial charge < -0.3 is 4.18 Å². The van der Waals surface area contributed by atoms with Gasteiger partial charge in [-0.1, -0.05) is 65.4 Å². The molecule has 3 rings (SSSR count). The summed E-state index contributed by atoms with van der Waals surface area (Å²) in [7, 11) is -3.83. The van der Waals surface area contributed by atoms with Crippen molar-refractivity contribution in [2.24, 2.45) is 0 Å². The summed E-state index contributed by atoms with van der Waals surface area (Å²) in [6.45, 7) is 0. The number of thioether (sulfide) groups is 1. The number of halogens is 2. The largest absolute Gasteiger partial charge is 0.380 e. The molecule has 0 saturated carbocycles. The van der Waals surface area contributed by atoms with Gasteiger partial charge in [-0.15, -0.1) is 0 Å². The van der Waals surface area contributed by atoms with Crippen molar-refractivity contribution in [3.8, 4) is 5.75 Å². The van der Waals surface area contributed by atoms with Crippen molar-refractivity contribution < 1.29 is 17.4 Å². The van der Waals surface area contributed by atoms with Crippen LogP contribution in [-0.4, -0.2) is 24.9 Å². The zero-order valence-corrected chi connectivity index (χ0v) is 17.6. The smallest absolute Gasteiger partial charge is 0.306 e. The van der Waals surface area contributed by atoms with E-state index in [4.69, 9.17) is 39.6 Å². The zero-order valence-electron chi connectivity index (χ0n) is 13.7. The third-order valence-corrected chi connectivity index (χ3v) is 5.64. The number of nitrogens with zero attached hydrogens (tertiary/aromatic N) is 1. The average Bonchev–Trinajstić information content (AvgIpc) is 2.84. The molecule has 2 aromatic carbocycles. The van der Waals surface area contributed by atoms with Crippen molar-refractivity contribution in [2.75, 3.05) is 11.2 Å². The molecular formula is C17H11Cl2NO4S3.